The minimum absolute atomic E-state index is 0.122. The molecule has 5 nitrogen and oxygen atoms in total. The van der Waals surface area contributed by atoms with Gasteiger partial charge in [0.25, 0.3) is 0 Å². The molecular weight excluding hydrogens is 194 g/mol. The van der Waals surface area contributed by atoms with Gasteiger partial charge in [-0.25, -0.2) is 0 Å². The molecule has 5 heteroatoms. The Morgan fingerprint density at radius 3 is 2.67 bits per heavy atom. The fraction of sp³-hybridized carbons (Fsp3) is 0.800. The van der Waals surface area contributed by atoms with E-state index >= 15 is 0 Å². The normalized spacial score (nSPS) is 15.0. The van der Waals surface area contributed by atoms with Crippen molar-refractivity contribution in [1.29, 1.82) is 0 Å². The van der Waals surface area contributed by atoms with Gasteiger partial charge in [0.15, 0.2) is 0 Å². The first-order valence-electron chi connectivity index (χ1n) is 5.36. The van der Waals surface area contributed by atoms with Crippen molar-refractivity contribution in [2.24, 2.45) is 5.73 Å². The van der Waals surface area contributed by atoms with Crippen molar-refractivity contribution in [3.63, 3.8) is 0 Å². The Morgan fingerprint density at radius 1 is 1.47 bits per heavy atom. The standard InChI is InChI=1S/C10H19N3O2/c1-13(8-4-5-8)10(15)7-12-6-2-3-9(11)14/h8,12H,2-7H2,1H3,(H2,11,14). The molecule has 1 saturated carbocycles. The summed E-state index contributed by atoms with van der Waals surface area (Å²) in [5, 5.41) is 3.01. The Kier molecular flexibility index (Phi) is 4.55. The maximum atomic E-state index is 11.5. The quantitative estimate of drug-likeness (QED) is 0.558. The van der Waals surface area contributed by atoms with E-state index in [0.29, 0.717) is 32.0 Å². The second-order valence-corrected chi connectivity index (χ2v) is 3.98. The molecule has 15 heavy (non-hydrogen) atoms. The van der Waals surface area contributed by atoms with Crippen molar-refractivity contribution in [2.45, 2.75) is 31.7 Å². The number of hydrogen-bond donors (Lipinski definition) is 2. The lowest BCUT2D eigenvalue weighted by Crippen LogP contribution is -2.37. The van der Waals surface area contributed by atoms with Crippen LogP contribution in [0.5, 0.6) is 0 Å². The van der Waals surface area contributed by atoms with Gasteiger partial charge in [0.2, 0.25) is 11.8 Å². The van der Waals surface area contributed by atoms with E-state index in [1.165, 1.54) is 0 Å². The second-order valence-electron chi connectivity index (χ2n) is 3.98. The van der Waals surface area contributed by atoms with Crippen LogP contribution < -0.4 is 11.1 Å². The summed E-state index contributed by atoms with van der Waals surface area (Å²) in [6, 6.07) is 0.463. The first-order chi connectivity index (χ1) is 7.11. The summed E-state index contributed by atoms with van der Waals surface area (Å²) in [6.45, 7) is 1.01. The number of nitrogens with two attached hydrogens (primary N) is 1. The van der Waals surface area contributed by atoms with Crippen LogP contribution in [0.4, 0.5) is 0 Å². The Bertz CT molecular complexity index is 239. The van der Waals surface area contributed by atoms with E-state index in [1.54, 1.807) is 4.90 Å². The number of rotatable bonds is 7. The van der Waals surface area contributed by atoms with Crippen LogP contribution in [0.1, 0.15) is 25.7 Å². The Balaban J connectivity index is 1.99. The van der Waals surface area contributed by atoms with Gasteiger partial charge in [-0.1, -0.05) is 0 Å². The average molecular weight is 213 g/mol. The minimum Gasteiger partial charge on any atom is -0.370 e. The fourth-order valence-corrected chi connectivity index (χ4v) is 1.37. The molecule has 0 spiro atoms. The number of amides is 2. The molecule has 0 bridgehead atoms. The molecule has 86 valence electrons. The molecule has 0 aromatic rings. The molecule has 0 heterocycles. The Hall–Kier alpha value is -1.10. The zero-order valence-corrected chi connectivity index (χ0v) is 9.16. The molecule has 0 saturated heterocycles. The van der Waals surface area contributed by atoms with Crippen LogP contribution in [0.3, 0.4) is 0 Å². The first kappa shape index (κ1) is 12.0. The number of carbonyl (C=O) groups is 2. The van der Waals surface area contributed by atoms with E-state index in [4.69, 9.17) is 5.73 Å². The highest BCUT2D eigenvalue weighted by molar-refractivity contribution is 5.78. The molecule has 1 fully saturated rings. The molecule has 0 unspecified atom stereocenters. The number of hydrogen-bond acceptors (Lipinski definition) is 3. The van der Waals surface area contributed by atoms with Gasteiger partial charge in [0.05, 0.1) is 6.54 Å². The first-order valence-corrected chi connectivity index (χ1v) is 5.36. The maximum Gasteiger partial charge on any atom is 0.236 e. The third-order valence-corrected chi connectivity index (χ3v) is 2.54. The van der Waals surface area contributed by atoms with E-state index < -0.39 is 0 Å². The van der Waals surface area contributed by atoms with Crippen LogP contribution in [0, 0.1) is 0 Å². The van der Waals surface area contributed by atoms with E-state index in [2.05, 4.69) is 5.32 Å². The van der Waals surface area contributed by atoms with Gasteiger partial charge >= 0.3 is 0 Å². The van der Waals surface area contributed by atoms with Gasteiger partial charge in [-0.05, 0) is 25.8 Å². The molecule has 1 aliphatic carbocycles. The summed E-state index contributed by atoms with van der Waals surface area (Å²) in [7, 11) is 1.84. The molecule has 0 aromatic heterocycles. The van der Waals surface area contributed by atoms with Gasteiger partial charge in [0, 0.05) is 19.5 Å². The van der Waals surface area contributed by atoms with Crippen LogP contribution in [0.15, 0.2) is 0 Å². The molecule has 0 atom stereocenters. The highest BCUT2D eigenvalue weighted by Gasteiger charge is 2.28. The third-order valence-electron chi connectivity index (χ3n) is 2.54. The largest absolute Gasteiger partial charge is 0.370 e. The number of nitrogens with one attached hydrogen (secondary N) is 1. The number of carbonyl (C=O) groups excluding carboxylic acids is 2. The minimum atomic E-state index is -0.293. The van der Waals surface area contributed by atoms with Gasteiger partial charge < -0.3 is 16.0 Å². The molecule has 1 aliphatic rings. The lowest BCUT2D eigenvalue weighted by Gasteiger charge is -2.16. The maximum absolute atomic E-state index is 11.5. The topological polar surface area (TPSA) is 75.4 Å². The third kappa shape index (κ3) is 4.78. The van der Waals surface area contributed by atoms with Crippen LogP contribution in [-0.4, -0.2) is 42.9 Å². The smallest absolute Gasteiger partial charge is 0.236 e. The lowest BCUT2D eigenvalue weighted by atomic mass is 10.3. The van der Waals surface area contributed by atoms with E-state index in [9.17, 15) is 9.59 Å². The summed E-state index contributed by atoms with van der Waals surface area (Å²) in [4.78, 5) is 23.7. The number of primary amides is 1. The van der Waals surface area contributed by atoms with Crippen LogP contribution >= 0.6 is 0 Å². The summed E-state index contributed by atoms with van der Waals surface area (Å²) in [5.74, 6) is -0.171. The van der Waals surface area contributed by atoms with E-state index in [0.717, 1.165) is 12.8 Å². The van der Waals surface area contributed by atoms with E-state index in [1.807, 2.05) is 7.05 Å². The molecular formula is C10H19N3O2. The molecule has 0 aromatic carbocycles. The van der Waals surface area contributed by atoms with E-state index in [-0.39, 0.29) is 11.8 Å². The van der Waals surface area contributed by atoms with Crippen LogP contribution in [0.25, 0.3) is 0 Å². The van der Waals surface area contributed by atoms with Gasteiger partial charge in [-0.3, -0.25) is 9.59 Å². The summed E-state index contributed by atoms with van der Waals surface area (Å²) in [6.07, 6.45) is 3.32. The summed E-state index contributed by atoms with van der Waals surface area (Å²) >= 11 is 0. The average Bonchev–Trinajstić information content (AvgIpc) is 2.98. The van der Waals surface area contributed by atoms with Crippen molar-refractivity contribution >= 4 is 11.8 Å². The van der Waals surface area contributed by atoms with Crippen molar-refractivity contribution in [1.82, 2.24) is 10.2 Å². The Morgan fingerprint density at radius 2 is 2.13 bits per heavy atom. The highest BCUT2D eigenvalue weighted by atomic mass is 16.2. The van der Waals surface area contributed by atoms with Crippen molar-refractivity contribution < 1.29 is 9.59 Å². The van der Waals surface area contributed by atoms with Gasteiger partial charge in [-0.15, -0.1) is 0 Å². The van der Waals surface area contributed by atoms with Crippen molar-refractivity contribution in [3.05, 3.63) is 0 Å². The van der Waals surface area contributed by atoms with Crippen molar-refractivity contribution in [2.75, 3.05) is 20.1 Å². The zero-order valence-electron chi connectivity index (χ0n) is 9.16. The van der Waals surface area contributed by atoms with Crippen molar-refractivity contribution in [3.8, 4) is 0 Å². The van der Waals surface area contributed by atoms with Gasteiger partial charge in [-0.2, -0.15) is 0 Å². The van der Waals surface area contributed by atoms with Gasteiger partial charge in [0.1, 0.15) is 0 Å². The summed E-state index contributed by atoms with van der Waals surface area (Å²) in [5.41, 5.74) is 4.99. The fourth-order valence-electron chi connectivity index (χ4n) is 1.37. The lowest BCUT2D eigenvalue weighted by molar-refractivity contribution is -0.129. The highest BCUT2D eigenvalue weighted by Crippen LogP contribution is 2.24. The number of nitrogens with zero attached hydrogens (tertiary/aromatic N) is 1. The predicted molar refractivity (Wildman–Crippen MR) is 57.1 cm³/mol. The number of likely N-dealkylation sites (N-methyl/N-ethyl adjacent to an activating group) is 1. The SMILES string of the molecule is CN(C(=O)CNCCCC(N)=O)C1CC1. The Labute approximate surface area is 90.0 Å². The molecule has 1 rings (SSSR count). The van der Waals surface area contributed by atoms with Crippen LogP contribution in [0.2, 0.25) is 0 Å². The molecule has 2 amide bonds. The predicted octanol–water partition coefficient (Wildman–Crippen LogP) is -0.538. The summed E-state index contributed by atoms with van der Waals surface area (Å²) < 4.78 is 0. The second kappa shape index (κ2) is 5.70. The van der Waals surface area contributed by atoms with Crippen LogP contribution in [-0.2, 0) is 9.59 Å². The monoisotopic (exact) mass is 213 g/mol. The zero-order chi connectivity index (χ0) is 11.3. The molecule has 3 N–H and O–H groups in total. The molecule has 0 aliphatic heterocycles. The molecule has 0 radical (unpaired) electrons.